The van der Waals surface area contributed by atoms with Crippen LogP contribution in [-0.2, 0) is 16.0 Å². The zero-order chi connectivity index (χ0) is 22.0. The molecule has 4 nitrogen and oxygen atoms in total. The first-order chi connectivity index (χ1) is 15.0. The number of imide groups is 1. The fraction of sp³-hybridized carbons (Fsp3) is 0.154. The van der Waals surface area contributed by atoms with Gasteiger partial charge in [0, 0.05) is 17.3 Å². The number of amides is 2. The number of carbonyl (C=O) groups excluding carboxylic acids is 2. The van der Waals surface area contributed by atoms with Crippen molar-refractivity contribution in [1.82, 2.24) is 4.90 Å². The summed E-state index contributed by atoms with van der Waals surface area (Å²) in [4.78, 5) is 28.0. The average Bonchev–Trinajstić information content (AvgIpc) is 3.00. The van der Waals surface area contributed by atoms with Crippen LogP contribution in [0.25, 0.3) is 5.57 Å². The molecule has 0 radical (unpaired) electrons. The topological polar surface area (TPSA) is 49.4 Å². The van der Waals surface area contributed by atoms with Gasteiger partial charge in [-0.3, -0.25) is 14.5 Å². The molecule has 1 heterocycles. The zero-order valence-electron chi connectivity index (χ0n) is 17.5. The van der Waals surface area contributed by atoms with Gasteiger partial charge in [-0.15, -0.1) is 0 Å². The van der Waals surface area contributed by atoms with Gasteiger partial charge in [0.15, 0.2) is 0 Å². The van der Waals surface area contributed by atoms with E-state index in [0.29, 0.717) is 34.8 Å². The average molecular weight is 431 g/mol. The second-order valence-electron chi connectivity index (χ2n) is 7.65. The molecule has 0 saturated heterocycles. The summed E-state index contributed by atoms with van der Waals surface area (Å²) in [6.45, 7) is 4.18. The highest BCUT2D eigenvalue weighted by Gasteiger charge is 2.39. The van der Waals surface area contributed by atoms with Crippen molar-refractivity contribution in [3.8, 4) is 0 Å². The number of rotatable bonds is 6. The molecule has 0 bridgehead atoms. The third-order valence-electron chi connectivity index (χ3n) is 5.50. The van der Waals surface area contributed by atoms with Crippen LogP contribution in [-0.4, -0.2) is 23.3 Å². The molecular formula is C26H23ClN2O2. The number of aryl methyl sites for hydroxylation is 1. The number of halogens is 1. The van der Waals surface area contributed by atoms with E-state index in [4.69, 9.17) is 11.6 Å². The van der Waals surface area contributed by atoms with Crippen molar-refractivity contribution in [3.05, 3.63) is 106 Å². The summed E-state index contributed by atoms with van der Waals surface area (Å²) in [5, 5.41) is 3.80. The van der Waals surface area contributed by atoms with Gasteiger partial charge in [-0.25, -0.2) is 0 Å². The molecule has 0 spiro atoms. The molecule has 0 aliphatic carbocycles. The van der Waals surface area contributed by atoms with Crippen LogP contribution < -0.4 is 5.32 Å². The van der Waals surface area contributed by atoms with E-state index in [1.165, 1.54) is 4.90 Å². The minimum atomic E-state index is -0.323. The van der Waals surface area contributed by atoms with Crippen LogP contribution in [0.2, 0.25) is 5.02 Å². The van der Waals surface area contributed by atoms with Crippen LogP contribution in [0.5, 0.6) is 0 Å². The Kier molecular flexibility index (Phi) is 5.92. The SMILES string of the molecule is Cc1ccc(C2=C(Nc3cccc(Cl)c3C)C(=O)N(CCc3ccccc3)C2=O)cc1. The van der Waals surface area contributed by atoms with Crippen LogP contribution in [0, 0.1) is 13.8 Å². The molecule has 3 aromatic carbocycles. The van der Waals surface area contributed by atoms with Crippen molar-refractivity contribution in [3.63, 3.8) is 0 Å². The Hall–Kier alpha value is -3.37. The number of nitrogens with zero attached hydrogens (tertiary/aromatic N) is 1. The van der Waals surface area contributed by atoms with Crippen molar-refractivity contribution < 1.29 is 9.59 Å². The van der Waals surface area contributed by atoms with Crippen LogP contribution in [0.15, 0.2) is 78.5 Å². The molecule has 0 aromatic heterocycles. The van der Waals surface area contributed by atoms with Crippen molar-refractivity contribution in [1.29, 1.82) is 0 Å². The molecule has 0 unspecified atom stereocenters. The van der Waals surface area contributed by atoms with Crippen molar-refractivity contribution in [2.75, 3.05) is 11.9 Å². The predicted octanol–water partition coefficient (Wildman–Crippen LogP) is 5.39. The van der Waals surface area contributed by atoms with Gasteiger partial charge in [0.1, 0.15) is 5.70 Å². The number of carbonyl (C=O) groups is 2. The quantitative estimate of drug-likeness (QED) is 0.533. The maximum absolute atomic E-state index is 13.4. The van der Waals surface area contributed by atoms with Crippen LogP contribution >= 0.6 is 11.6 Å². The highest BCUT2D eigenvalue weighted by atomic mass is 35.5. The molecule has 1 aliphatic rings. The highest BCUT2D eigenvalue weighted by molar-refractivity contribution is 6.36. The van der Waals surface area contributed by atoms with Gasteiger partial charge < -0.3 is 5.32 Å². The molecule has 0 fully saturated rings. The first-order valence-corrected chi connectivity index (χ1v) is 10.6. The van der Waals surface area contributed by atoms with Crippen LogP contribution in [0.1, 0.15) is 22.3 Å². The Morgan fingerprint density at radius 1 is 0.839 bits per heavy atom. The molecule has 1 aliphatic heterocycles. The van der Waals surface area contributed by atoms with E-state index in [0.717, 1.165) is 16.7 Å². The normalized spacial score (nSPS) is 13.8. The van der Waals surface area contributed by atoms with Gasteiger partial charge >= 0.3 is 0 Å². The number of anilines is 1. The molecule has 4 rings (SSSR count). The molecule has 3 aromatic rings. The van der Waals surface area contributed by atoms with E-state index >= 15 is 0 Å². The zero-order valence-corrected chi connectivity index (χ0v) is 18.2. The molecule has 0 saturated carbocycles. The monoisotopic (exact) mass is 430 g/mol. The number of benzene rings is 3. The molecular weight excluding hydrogens is 408 g/mol. The summed E-state index contributed by atoms with van der Waals surface area (Å²) in [7, 11) is 0. The Labute approximate surface area is 187 Å². The molecule has 31 heavy (non-hydrogen) atoms. The summed E-state index contributed by atoms with van der Waals surface area (Å²) in [6.07, 6.45) is 0.600. The lowest BCUT2D eigenvalue weighted by atomic mass is 10.0. The lowest BCUT2D eigenvalue weighted by Gasteiger charge is -2.16. The van der Waals surface area contributed by atoms with Crippen LogP contribution in [0.3, 0.4) is 0 Å². The maximum Gasteiger partial charge on any atom is 0.278 e. The number of nitrogens with one attached hydrogen (secondary N) is 1. The summed E-state index contributed by atoms with van der Waals surface area (Å²) < 4.78 is 0. The van der Waals surface area contributed by atoms with E-state index in [1.807, 2.05) is 80.6 Å². The molecule has 1 N–H and O–H groups in total. The summed E-state index contributed by atoms with van der Waals surface area (Å²) >= 11 is 6.26. The van der Waals surface area contributed by atoms with Gasteiger partial charge in [0.2, 0.25) is 0 Å². The lowest BCUT2D eigenvalue weighted by Crippen LogP contribution is -2.34. The Bertz CT molecular complexity index is 1170. The second kappa shape index (κ2) is 8.78. The van der Waals surface area contributed by atoms with E-state index in [9.17, 15) is 9.59 Å². The van der Waals surface area contributed by atoms with Gasteiger partial charge in [-0.05, 0) is 49.1 Å². The van der Waals surface area contributed by atoms with Gasteiger partial charge in [-0.1, -0.05) is 77.8 Å². The maximum atomic E-state index is 13.4. The minimum absolute atomic E-state index is 0.285. The third-order valence-corrected chi connectivity index (χ3v) is 5.91. The van der Waals surface area contributed by atoms with E-state index in [-0.39, 0.29) is 17.5 Å². The van der Waals surface area contributed by atoms with Crippen molar-refractivity contribution >= 4 is 34.7 Å². The largest absolute Gasteiger partial charge is 0.350 e. The lowest BCUT2D eigenvalue weighted by molar-refractivity contribution is -0.136. The second-order valence-corrected chi connectivity index (χ2v) is 8.06. The molecule has 2 amide bonds. The van der Waals surface area contributed by atoms with Gasteiger partial charge in [-0.2, -0.15) is 0 Å². The van der Waals surface area contributed by atoms with E-state index in [1.54, 1.807) is 6.07 Å². The number of hydrogen-bond donors (Lipinski definition) is 1. The van der Waals surface area contributed by atoms with Gasteiger partial charge in [0.25, 0.3) is 11.8 Å². The fourth-order valence-electron chi connectivity index (χ4n) is 3.65. The first kappa shape index (κ1) is 20.9. The summed E-state index contributed by atoms with van der Waals surface area (Å²) in [6, 6.07) is 22.9. The molecule has 0 atom stereocenters. The highest BCUT2D eigenvalue weighted by Crippen LogP contribution is 2.32. The predicted molar refractivity (Wildman–Crippen MR) is 125 cm³/mol. The third kappa shape index (κ3) is 4.25. The first-order valence-electron chi connectivity index (χ1n) is 10.2. The van der Waals surface area contributed by atoms with Crippen molar-refractivity contribution in [2.24, 2.45) is 0 Å². The van der Waals surface area contributed by atoms with E-state index in [2.05, 4.69) is 5.32 Å². The smallest absolute Gasteiger partial charge is 0.278 e. The minimum Gasteiger partial charge on any atom is -0.350 e. The fourth-order valence-corrected chi connectivity index (χ4v) is 3.82. The van der Waals surface area contributed by atoms with Crippen molar-refractivity contribution in [2.45, 2.75) is 20.3 Å². The standard InChI is InChI=1S/C26H23ClN2O2/c1-17-11-13-20(14-12-17)23-24(28-22-10-6-9-21(27)18(22)2)26(31)29(25(23)30)16-15-19-7-4-3-5-8-19/h3-14,28H,15-16H2,1-2H3. The summed E-state index contributed by atoms with van der Waals surface area (Å²) in [5.41, 5.74) is 5.08. The van der Waals surface area contributed by atoms with Crippen LogP contribution in [0.4, 0.5) is 5.69 Å². The Morgan fingerprint density at radius 2 is 1.55 bits per heavy atom. The number of hydrogen-bond acceptors (Lipinski definition) is 3. The van der Waals surface area contributed by atoms with Gasteiger partial charge in [0.05, 0.1) is 5.57 Å². The van der Waals surface area contributed by atoms with E-state index < -0.39 is 0 Å². The molecule has 5 heteroatoms. The Morgan fingerprint density at radius 3 is 2.26 bits per heavy atom. The summed E-state index contributed by atoms with van der Waals surface area (Å²) in [5.74, 6) is -0.608. The molecule has 156 valence electrons. The Balaban J connectivity index is 1.70.